The smallest absolute Gasteiger partial charge is 0.0528 e. The lowest BCUT2D eigenvalue weighted by molar-refractivity contribution is 0.639. The summed E-state index contributed by atoms with van der Waals surface area (Å²) in [5, 5.41) is 8.02. The summed E-state index contributed by atoms with van der Waals surface area (Å²) in [6.07, 6.45) is 1.19. The van der Waals surface area contributed by atoms with Crippen molar-refractivity contribution in [1.29, 1.82) is 0 Å². The summed E-state index contributed by atoms with van der Waals surface area (Å²) in [5.41, 5.74) is 9.62. The Morgan fingerprint density at radius 3 is 1.77 bits per heavy atom. The van der Waals surface area contributed by atoms with Gasteiger partial charge in [-0.05, 0) is 97.7 Å². The summed E-state index contributed by atoms with van der Waals surface area (Å²) >= 11 is 0. The molecule has 1 heterocycles. The molecule has 7 aromatic carbocycles. The molecule has 1 heteroatoms. The molecule has 0 bridgehead atoms. The Bertz CT molecular complexity index is 2110. The molecule has 1 fully saturated rings. The van der Waals surface area contributed by atoms with Crippen LogP contribution >= 0.6 is 0 Å². The van der Waals surface area contributed by atoms with Crippen molar-refractivity contribution in [3.05, 3.63) is 133 Å². The van der Waals surface area contributed by atoms with Gasteiger partial charge in [-0.25, -0.2) is 0 Å². The van der Waals surface area contributed by atoms with Crippen LogP contribution in [0.5, 0.6) is 0 Å². The summed E-state index contributed by atoms with van der Waals surface area (Å²) < 4.78 is 0. The van der Waals surface area contributed by atoms with E-state index in [9.17, 15) is 0 Å². The van der Waals surface area contributed by atoms with Gasteiger partial charge in [0.05, 0.1) is 5.54 Å². The van der Waals surface area contributed by atoms with E-state index >= 15 is 0 Å². The third-order valence-corrected chi connectivity index (χ3v) is 10.2. The molecule has 0 saturated heterocycles. The second-order valence-electron chi connectivity index (χ2n) is 12.2. The Hall–Kier alpha value is -4.62. The van der Waals surface area contributed by atoms with Crippen LogP contribution in [0.2, 0.25) is 0 Å². The first-order chi connectivity index (χ1) is 19.6. The number of hydrogen-bond donors (Lipinski definition) is 0. The summed E-state index contributed by atoms with van der Waals surface area (Å²) in [4.78, 5) is 2.58. The molecule has 1 aliphatic heterocycles. The Morgan fingerprint density at radius 2 is 1.12 bits per heavy atom. The predicted molar refractivity (Wildman–Crippen MR) is 170 cm³/mol. The Morgan fingerprint density at radius 1 is 0.550 bits per heavy atom. The van der Waals surface area contributed by atoms with Crippen molar-refractivity contribution < 1.29 is 0 Å². The van der Waals surface area contributed by atoms with Crippen molar-refractivity contribution in [2.75, 3.05) is 4.90 Å². The fourth-order valence-corrected chi connectivity index (χ4v) is 7.89. The fourth-order valence-electron chi connectivity index (χ4n) is 7.89. The first-order valence-electron chi connectivity index (χ1n) is 14.3. The highest BCUT2D eigenvalue weighted by Gasteiger charge is 2.70. The molecule has 2 unspecified atom stereocenters. The highest BCUT2D eigenvalue weighted by atomic mass is 15.3. The molecule has 1 nitrogen and oxygen atoms in total. The van der Waals surface area contributed by atoms with Gasteiger partial charge in [0.25, 0.3) is 0 Å². The number of fused-ring (bicyclic) bond motifs is 3. The molecular formula is C39H29N. The maximum Gasteiger partial charge on any atom is 0.0528 e. The molecule has 0 radical (unpaired) electrons. The zero-order valence-corrected chi connectivity index (χ0v) is 22.8. The van der Waals surface area contributed by atoms with Gasteiger partial charge in [0.15, 0.2) is 0 Å². The molecule has 7 aromatic rings. The Kier molecular flexibility index (Phi) is 4.18. The first-order valence-corrected chi connectivity index (χ1v) is 14.3. The van der Waals surface area contributed by atoms with Gasteiger partial charge in [-0.15, -0.1) is 0 Å². The molecule has 1 aliphatic carbocycles. The molecule has 2 atom stereocenters. The largest absolute Gasteiger partial charge is 0.334 e. The monoisotopic (exact) mass is 511 g/mol. The van der Waals surface area contributed by atoms with E-state index in [2.05, 4.69) is 146 Å². The SMILES string of the molecule is CC12CC1(C)N(c1ccccc1)c1ccc(-c3ccc4ccc5c(-c6ccccc6)ccc6ccc3c4c65)cc12. The van der Waals surface area contributed by atoms with E-state index in [0.717, 1.165) is 0 Å². The zero-order valence-electron chi connectivity index (χ0n) is 22.8. The average molecular weight is 512 g/mol. The van der Waals surface area contributed by atoms with Crippen LogP contribution in [0.15, 0.2) is 127 Å². The fraction of sp³-hybridized carbons (Fsp3) is 0.128. The molecule has 9 rings (SSSR count). The van der Waals surface area contributed by atoms with Gasteiger partial charge in [0, 0.05) is 16.8 Å². The molecule has 2 aliphatic rings. The number of rotatable bonds is 3. The molecule has 1 saturated carbocycles. The third kappa shape index (κ3) is 2.72. The van der Waals surface area contributed by atoms with E-state index < -0.39 is 0 Å². The molecule has 190 valence electrons. The van der Waals surface area contributed by atoms with Crippen molar-refractivity contribution in [1.82, 2.24) is 0 Å². The maximum absolute atomic E-state index is 2.58. The van der Waals surface area contributed by atoms with Crippen molar-refractivity contribution in [2.24, 2.45) is 0 Å². The second-order valence-corrected chi connectivity index (χ2v) is 12.2. The van der Waals surface area contributed by atoms with E-state index in [1.807, 2.05) is 0 Å². The number of para-hydroxylation sites is 1. The third-order valence-electron chi connectivity index (χ3n) is 10.2. The zero-order chi connectivity index (χ0) is 26.6. The van der Waals surface area contributed by atoms with Crippen LogP contribution in [0.4, 0.5) is 11.4 Å². The lowest BCUT2D eigenvalue weighted by atomic mass is 9.86. The number of hydrogen-bond acceptors (Lipinski definition) is 1. The molecule has 0 amide bonds. The summed E-state index contributed by atoms with van der Waals surface area (Å²) in [7, 11) is 0. The minimum atomic E-state index is 0.131. The van der Waals surface area contributed by atoms with Crippen LogP contribution in [-0.4, -0.2) is 5.54 Å². The van der Waals surface area contributed by atoms with Gasteiger partial charge in [-0.2, -0.15) is 0 Å². The van der Waals surface area contributed by atoms with Crippen LogP contribution in [0.3, 0.4) is 0 Å². The summed E-state index contributed by atoms with van der Waals surface area (Å²) in [6, 6.07) is 47.4. The van der Waals surface area contributed by atoms with E-state index in [0.29, 0.717) is 0 Å². The van der Waals surface area contributed by atoms with E-state index in [1.165, 1.54) is 77.9 Å². The van der Waals surface area contributed by atoms with Crippen LogP contribution in [0.25, 0.3) is 54.6 Å². The second kappa shape index (κ2) is 7.52. The van der Waals surface area contributed by atoms with E-state index in [1.54, 1.807) is 0 Å². The van der Waals surface area contributed by atoms with Crippen LogP contribution in [0.1, 0.15) is 25.8 Å². The van der Waals surface area contributed by atoms with Crippen LogP contribution in [0, 0.1) is 0 Å². The highest BCUT2D eigenvalue weighted by molar-refractivity contribution is 6.27. The molecular weight excluding hydrogens is 482 g/mol. The summed E-state index contributed by atoms with van der Waals surface area (Å²) in [6.45, 7) is 4.88. The van der Waals surface area contributed by atoms with Gasteiger partial charge in [-0.1, -0.05) is 110 Å². The predicted octanol–water partition coefficient (Wildman–Crippen LogP) is 10.5. The molecule has 0 spiro atoms. The topological polar surface area (TPSA) is 3.24 Å². The van der Waals surface area contributed by atoms with E-state index in [4.69, 9.17) is 0 Å². The highest BCUT2D eigenvalue weighted by Crippen LogP contribution is 2.70. The lowest BCUT2D eigenvalue weighted by Gasteiger charge is -2.29. The average Bonchev–Trinajstić information content (AvgIpc) is 3.52. The van der Waals surface area contributed by atoms with Crippen LogP contribution < -0.4 is 4.90 Å². The Balaban J connectivity index is 1.26. The summed E-state index contributed by atoms with van der Waals surface area (Å²) in [5.74, 6) is 0. The quantitative estimate of drug-likeness (QED) is 0.213. The van der Waals surface area contributed by atoms with E-state index in [-0.39, 0.29) is 11.0 Å². The number of benzene rings is 7. The molecule has 40 heavy (non-hydrogen) atoms. The minimum Gasteiger partial charge on any atom is -0.334 e. The number of nitrogens with zero attached hydrogens (tertiary/aromatic N) is 1. The lowest BCUT2D eigenvalue weighted by Crippen LogP contribution is -2.30. The first kappa shape index (κ1) is 22.2. The standard InChI is InChI=1S/C39H29N/c1-38-24-39(38,2)40(29-11-7-4-8-12-29)35-22-17-28(23-34(35)38)31-19-14-27-15-20-32-30(25-9-5-3-6-10-25)18-13-26-16-21-33(31)37(27)36(26)32/h3-23H,24H2,1-2H3. The normalized spacial score (nSPS) is 21.3. The van der Waals surface area contributed by atoms with Gasteiger partial charge < -0.3 is 4.90 Å². The number of anilines is 2. The minimum absolute atomic E-state index is 0.131. The van der Waals surface area contributed by atoms with Gasteiger partial charge in [0.2, 0.25) is 0 Å². The van der Waals surface area contributed by atoms with Gasteiger partial charge >= 0.3 is 0 Å². The van der Waals surface area contributed by atoms with Gasteiger partial charge in [-0.3, -0.25) is 0 Å². The van der Waals surface area contributed by atoms with Crippen molar-refractivity contribution >= 4 is 43.7 Å². The Labute approximate surface area is 234 Å². The molecule has 0 aromatic heterocycles. The van der Waals surface area contributed by atoms with Crippen LogP contribution in [-0.2, 0) is 5.41 Å². The van der Waals surface area contributed by atoms with Crippen molar-refractivity contribution in [3.63, 3.8) is 0 Å². The van der Waals surface area contributed by atoms with Crippen molar-refractivity contribution in [3.8, 4) is 22.3 Å². The molecule has 0 N–H and O–H groups in total. The maximum atomic E-state index is 2.58. The van der Waals surface area contributed by atoms with Crippen molar-refractivity contribution in [2.45, 2.75) is 31.2 Å². The van der Waals surface area contributed by atoms with Gasteiger partial charge in [0.1, 0.15) is 0 Å².